The molecule has 1 fully saturated rings. The van der Waals surface area contributed by atoms with E-state index in [4.69, 9.17) is 11.5 Å². The molecule has 10 nitrogen and oxygen atoms in total. The molecule has 12 heteroatoms. The van der Waals surface area contributed by atoms with E-state index in [9.17, 15) is 14.4 Å². The van der Waals surface area contributed by atoms with E-state index in [0.717, 1.165) is 29.9 Å². The number of thiazole rings is 1. The number of nitrogens with one attached hydrogen (secondary N) is 2. The number of nitrogens with two attached hydrogens (primary N) is 2. The summed E-state index contributed by atoms with van der Waals surface area (Å²) in [4.78, 5) is 46.7. The van der Waals surface area contributed by atoms with Gasteiger partial charge in [-0.05, 0) is 43.4 Å². The quantitative estimate of drug-likeness (QED) is 0.219. The lowest BCUT2D eigenvalue weighted by Crippen LogP contribution is -2.30. The van der Waals surface area contributed by atoms with Gasteiger partial charge in [-0.3, -0.25) is 14.4 Å². The van der Waals surface area contributed by atoms with Gasteiger partial charge in [0.2, 0.25) is 11.8 Å². The van der Waals surface area contributed by atoms with Crippen molar-refractivity contribution in [2.45, 2.75) is 39.0 Å². The number of aryl methyl sites for hydroxylation is 2. The Labute approximate surface area is 208 Å². The summed E-state index contributed by atoms with van der Waals surface area (Å²) in [5.41, 5.74) is 13.1. The summed E-state index contributed by atoms with van der Waals surface area (Å²) < 4.78 is 0. The molecule has 0 atom stereocenters. The van der Waals surface area contributed by atoms with Crippen molar-refractivity contribution < 1.29 is 14.4 Å². The van der Waals surface area contributed by atoms with Crippen molar-refractivity contribution in [1.29, 1.82) is 0 Å². The van der Waals surface area contributed by atoms with Crippen LogP contribution in [0.3, 0.4) is 0 Å². The van der Waals surface area contributed by atoms with E-state index in [1.54, 1.807) is 0 Å². The van der Waals surface area contributed by atoms with E-state index in [1.165, 1.54) is 6.92 Å². The summed E-state index contributed by atoms with van der Waals surface area (Å²) in [5.74, 6) is -0.293. The first-order valence-corrected chi connectivity index (χ1v) is 11.7. The van der Waals surface area contributed by atoms with E-state index in [1.807, 2.05) is 29.2 Å². The van der Waals surface area contributed by atoms with Gasteiger partial charge in [0.25, 0.3) is 5.91 Å². The number of amides is 3. The van der Waals surface area contributed by atoms with Crippen LogP contribution in [0.1, 0.15) is 47.1 Å². The highest BCUT2D eigenvalue weighted by Gasteiger charge is 2.21. The average Bonchev–Trinajstić information content (AvgIpc) is 3.35. The fourth-order valence-electron chi connectivity index (χ4n) is 3.54. The molecule has 6 N–H and O–H groups in total. The molecule has 2 heterocycles. The molecule has 1 aliphatic rings. The number of anilines is 1. The molecule has 34 heavy (non-hydrogen) atoms. The SMILES string of the molecule is CC(=O)Nc1nc(CCc2ccc(N=C(N)N)cc2)c(C(=O)NCCCN2CCCC2=O)s1.Cl. The number of guanidine groups is 1. The zero-order valence-electron chi connectivity index (χ0n) is 19.0. The minimum atomic E-state index is -0.243. The molecule has 3 amide bonds. The summed E-state index contributed by atoms with van der Waals surface area (Å²) >= 11 is 1.16. The molecule has 1 aliphatic heterocycles. The second-order valence-corrected chi connectivity index (χ2v) is 8.77. The number of benzene rings is 1. The maximum atomic E-state index is 12.8. The Kier molecular flexibility index (Phi) is 10.3. The van der Waals surface area contributed by atoms with E-state index in [-0.39, 0.29) is 36.1 Å². The first-order chi connectivity index (χ1) is 15.8. The lowest BCUT2D eigenvalue weighted by molar-refractivity contribution is -0.127. The van der Waals surface area contributed by atoms with Crippen molar-refractivity contribution in [2.24, 2.45) is 16.5 Å². The topological polar surface area (TPSA) is 156 Å². The lowest BCUT2D eigenvalue weighted by atomic mass is 10.1. The average molecular weight is 508 g/mol. The molecule has 0 bridgehead atoms. The molecular formula is C22H30ClN7O3S. The van der Waals surface area contributed by atoms with Gasteiger partial charge in [-0.25, -0.2) is 9.98 Å². The molecule has 1 aromatic carbocycles. The smallest absolute Gasteiger partial charge is 0.263 e. The summed E-state index contributed by atoms with van der Waals surface area (Å²) in [5, 5.41) is 5.97. The number of aliphatic imine (C=N–C) groups is 1. The third-order valence-corrected chi connectivity index (χ3v) is 6.11. The third kappa shape index (κ3) is 7.99. The number of aromatic nitrogens is 1. The van der Waals surface area contributed by atoms with Crippen LogP contribution in [0.15, 0.2) is 29.3 Å². The summed E-state index contributed by atoms with van der Waals surface area (Å²) in [6.07, 6.45) is 3.38. The second-order valence-electron chi connectivity index (χ2n) is 7.77. The van der Waals surface area contributed by atoms with Gasteiger partial charge in [-0.1, -0.05) is 23.5 Å². The van der Waals surface area contributed by atoms with Gasteiger partial charge in [0, 0.05) is 33.0 Å². The van der Waals surface area contributed by atoms with Crippen molar-refractivity contribution in [3.63, 3.8) is 0 Å². The molecule has 1 aromatic heterocycles. The van der Waals surface area contributed by atoms with Crippen molar-refractivity contribution in [3.05, 3.63) is 40.4 Å². The van der Waals surface area contributed by atoms with Gasteiger partial charge in [0.05, 0.1) is 11.4 Å². The van der Waals surface area contributed by atoms with Gasteiger partial charge < -0.3 is 27.0 Å². The molecule has 0 saturated carbocycles. The highest BCUT2D eigenvalue weighted by atomic mass is 35.5. The normalized spacial score (nSPS) is 12.7. The van der Waals surface area contributed by atoms with Crippen LogP contribution in [-0.4, -0.2) is 53.2 Å². The van der Waals surface area contributed by atoms with Crippen LogP contribution >= 0.6 is 23.7 Å². The van der Waals surface area contributed by atoms with Crippen LogP contribution in [0.4, 0.5) is 10.8 Å². The van der Waals surface area contributed by atoms with Gasteiger partial charge in [0.15, 0.2) is 11.1 Å². The molecule has 0 radical (unpaired) electrons. The highest BCUT2D eigenvalue weighted by molar-refractivity contribution is 7.17. The first kappa shape index (κ1) is 27.1. The summed E-state index contributed by atoms with van der Waals surface area (Å²) in [7, 11) is 0. The molecule has 0 unspecified atom stereocenters. The monoisotopic (exact) mass is 507 g/mol. The Balaban J connectivity index is 0.00000408. The number of carbonyl (C=O) groups is 3. The third-order valence-electron chi connectivity index (χ3n) is 5.09. The number of carbonyl (C=O) groups excluding carboxylic acids is 3. The zero-order valence-corrected chi connectivity index (χ0v) is 20.6. The van der Waals surface area contributed by atoms with E-state index < -0.39 is 0 Å². The van der Waals surface area contributed by atoms with Gasteiger partial charge in [-0.2, -0.15) is 0 Å². The van der Waals surface area contributed by atoms with Crippen LogP contribution in [-0.2, 0) is 22.4 Å². The number of likely N-dealkylation sites (tertiary alicyclic amines) is 1. The molecular weight excluding hydrogens is 478 g/mol. The lowest BCUT2D eigenvalue weighted by Gasteiger charge is -2.15. The maximum Gasteiger partial charge on any atom is 0.263 e. The summed E-state index contributed by atoms with van der Waals surface area (Å²) in [6, 6.07) is 7.47. The largest absolute Gasteiger partial charge is 0.370 e. The Hall–Kier alpha value is -3.18. The number of halogens is 1. The summed E-state index contributed by atoms with van der Waals surface area (Å²) in [6.45, 7) is 3.29. The Morgan fingerprint density at radius 3 is 2.56 bits per heavy atom. The minimum Gasteiger partial charge on any atom is -0.370 e. The van der Waals surface area contributed by atoms with Crippen LogP contribution in [0, 0.1) is 0 Å². The number of hydrogen-bond donors (Lipinski definition) is 4. The van der Waals surface area contributed by atoms with Crippen LogP contribution < -0.4 is 22.1 Å². The van der Waals surface area contributed by atoms with Crippen molar-refractivity contribution >= 4 is 58.2 Å². The van der Waals surface area contributed by atoms with E-state index in [0.29, 0.717) is 60.2 Å². The van der Waals surface area contributed by atoms with Crippen molar-refractivity contribution in [1.82, 2.24) is 15.2 Å². The number of hydrogen-bond acceptors (Lipinski definition) is 6. The predicted octanol–water partition coefficient (Wildman–Crippen LogP) is 1.96. The first-order valence-electron chi connectivity index (χ1n) is 10.8. The fourth-order valence-corrected chi connectivity index (χ4v) is 4.52. The van der Waals surface area contributed by atoms with Gasteiger partial charge in [0.1, 0.15) is 4.88 Å². The van der Waals surface area contributed by atoms with Gasteiger partial charge >= 0.3 is 0 Å². The Morgan fingerprint density at radius 1 is 1.21 bits per heavy atom. The molecule has 184 valence electrons. The molecule has 3 rings (SSSR count). The molecule has 2 aromatic rings. The number of nitrogens with zero attached hydrogens (tertiary/aromatic N) is 3. The van der Waals surface area contributed by atoms with Crippen LogP contribution in [0.25, 0.3) is 0 Å². The second kappa shape index (κ2) is 12.9. The fraction of sp³-hybridized carbons (Fsp3) is 0.409. The van der Waals surface area contributed by atoms with Crippen LogP contribution in [0.2, 0.25) is 0 Å². The predicted molar refractivity (Wildman–Crippen MR) is 136 cm³/mol. The Morgan fingerprint density at radius 2 is 1.94 bits per heavy atom. The minimum absolute atomic E-state index is 0. The zero-order chi connectivity index (χ0) is 23.8. The maximum absolute atomic E-state index is 12.8. The van der Waals surface area contributed by atoms with Crippen LogP contribution in [0.5, 0.6) is 0 Å². The standard InChI is InChI=1S/C22H29N7O3S.ClH/c1-14(30)26-22-28-17(10-7-15-5-8-16(9-6-15)27-21(23)24)19(33-22)20(32)25-11-3-13-29-12-2-4-18(29)31;/h5-6,8-9H,2-4,7,10-13H2,1H3,(H,25,32)(H4,23,24,27)(H,26,28,30);1H. The molecule has 0 spiro atoms. The van der Waals surface area contributed by atoms with Gasteiger partial charge in [-0.15, -0.1) is 12.4 Å². The molecule has 1 saturated heterocycles. The Bertz CT molecular complexity index is 1040. The van der Waals surface area contributed by atoms with Crippen molar-refractivity contribution in [2.75, 3.05) is 25.0 Å². The van der Waals surface area contributed by atoms with E-state index >= 15 is 0 Å². The van der Waals surface area contributed by atoms with E-state index in [2.05, 4.69) is 20.6 Å². The molecule has 0 aliphatic carbocycles. The highest BCUT2D eigenvalue weighted by Crippen LogP contribution is 2.25. The number of rotatable bonds is 10. The van der Waals surface area contributed by atoms with Crippen molar-refractivity contribution in [3.8, 4) is 0 Å².